The lowest BCUT2D eigenvalue weighted by atomic mass is 9.93. The maximum atomic E-state index is 12.6. The van der Waals surface area contributed by atoms with Crippen molar-refractivity contribution in [1.29, 1.82) is 5.26 Å². The standard InChI is InChI=1S/C26H30N4O4/c1-16-14-29(9-10-30(16)23(31)8-11-32-3)26-20(13-27)17(2)24(25(28-26)18-4-5-18)19-6-7-21-22(12-19)34-15-33-21/h6-7,12,16,18H,4-5,8-11,14-15H2,1-3H3/t16-/m1/s1. The van der Waals surface area contributed by atoms with Gasteiger partial charge in [0.2, 0.25) is 12.7 Å². The second-order valence-electron chi connectivity index (χ2n) is 9.27. The van der Waals surface area contributed by atoms with Crippen LogP contribution in [0.3, 0.4) is 0 Å². The van der Waals surface area contributed by atoms with Crippen LogP contribution in [-0.4, -0.2) is 62.0 Å². The molecule has 1 aromatic carbocycles. The molecule has 8 heteroatoms. The first-order valence-electron chi connectivity index (χ1n) is 11.9. The molecule has 3 aliphatic rings. The number of piperazine rings is 1. The number of ether oxygens (including phenoxy) is 3. The maximum Gasteiger partial charge on any atom is 0.231 e. The molecule has 2 fully saturated rings. The molecule has 0 radical (unpaired) electrons. The van der Waals surface area contributed by atoms with Crippen LogP contribution < -0.4 is 14.4 Å². The Morgan fingerprint density at radius 2 is 2.06 bits per heavy atom. The Kier molecular flexibility index (Phi) is 6.05. The number of hydrogen-bond donors (Lipinski definition) is 0. The lowest BCUT2D eigenvalue weighted by Crippen LogP contribution is -2.54. The van der Waals surface area contributed by atoms with E-state index in [0.29, 0.717) is 44.1 Å². The summed E-state index contributed by atoms with van der Waals surface area (Å²) in [6, 6.07) is 8.40. The van der Waals surface area contributed by atoms with E-state index < -0.39 is 0 Å². The zero-order valence-electron chi connectivity index (χ0n) is 20.0. The molecule has 1 saturated heterocycles. The van der Waals surface area contributed by atoms with E-state index in [2.05, 4.69) is 17.9 Å². The Bertz CT molecular complexity index is 1150. The number of fused-ring (bicyclic) bond motifs is 1. The molecule has 1 aliphatic carbocycles. The van der Waals surface area contributed by atoms with Crippen LogP contribution >= 0.6 is 0 Å². The van der Waals surface area contributed by atoms with Crippen LogP contribution in [0.15, 0.2) is 18.2 Å². The molecule has 0 bridgehead atoms. The SMILES string of the molecule is COCCC(=O)N1CCN(c2nc(C3CC3)c(-c3ccc4c(c3)OCO4)c(C)c2C#N)C[C@H]1C. The van der Waals surface area contributed by atoms with E-state index in [1.54, 1.807) is 7.11 Å². The number of amides is 1. The van der Waals surface area contributed by atoms with Gasteiger partial charge in [0.25, 0.3) is 0 Å². The minimum atomic E-state index is 0.0321. The number of rotatable bonds is 6. The van der Waals surface area contributed by atoms with Gasteiger partial charge >= 0.3 is 0 Å². The van der Waals surface area contributed by atoms with E-state index in [-0.39, 0.29) is 18.7 Å². The molecule has 1 amide bonds. The van der Waals surface area contributed by atoms with Gasteiger partial charge in [0.05, 0.1) is 24.3 Å². The number of benzene rings is 1. The topological polar surface area (TPSA) is 87.9 Å². The second-order valence-corrected chi connectivity index (χ2v) is 9.27. The zero-order valence-corrected chi connectivity index (χ0v) is 20.0. The van der Waals surface area contributed by atoms with Crippen LogP contribution in [0.5, 0.6) is 11.5 Å². The molecule has 2 aromatic rings. The number of methoxy groups -OCH3 is 1. The van der Waals surface area contributed by atoms with Crippen molar-refractivity contribution in [2.45, 2.75) is 45.1 Å². The van der Waals surface area contributed by atoms with Gasteiger partial charge in [-0.25, -0.2) is 4.98 Å². The quantitative estimate of drug-likeness (QED) is 0.648. The van der Waals surface area contributed by atoms with Crippen LogP contribution in [0.1, 0.15) is 48.9 Å². The first-order valence-corrected chi connectivity index (χ1v) is 11.9. The first-order chi connectivity index (χ1) is 16.5. The highest BCUT2D eigenvalue weighted by molar-refractivity contribution is 5.79. The van der Waals surface area contributed by atoms with Gasteiger partial charge in [-0.1, -0.05) is 6.07 Å². The predicted octanol–water partition coefficient (Wildman–Crippen LogP) is 3.61. The highest BCUT2D eigenvalue weighted by Gasteiger charge is 2.34. The van der Waals surface area contributed by atoms with Crippen molar-refractivity contribution in [2.75, 3.05) is 45.0 Å². The van der Waals surface area contributed by atoms with Gasteiger partial charge < -0.3 is 24.0 Å². The van der Waals surface area contributed by atoms with Crippen LogP contribution in [0, 0.1) is 18.3 Å². The molecule has 178 valence electrons. The summed E-state index contributed by atoms with van der Waals surface area (Å²) in [5.74, 6) is 2.72. The number of pyridine rings is 1. The Morgan fingerprint density at radius 1 is 1.26 bits per heavy atom. The predicted molar refractivity (Wildman–Crippen MR) is 127 cm³/mol. The molecule has 3 heterocycles. The van der Waals surface area contributed by atoms with Crippen molar-refractivity contribution in [3.05, 3.63) is 35.0 Å². The summed E-state index contributed by atoms with van der Waals surface area (Å²) >= 11 is 0. The second kappa shape index (κ2) is 9.15. The number of carbonyl (C=O) groups excluding carboxylic acids is 1. The van der Waals surface area contributed by atoms with Crippen molar-refractivity contribution in [3.63, 3.8) is 0 Å². The summed E-state index contributed by atoms with van der Waals surface area (Å²) in [5, 5.41) is 10.2. The van der Waals surface area contributed by atoms with Crippen LogP contribution in [0.4, 0.5) is 5.82 Å². The van der Waals surface area contributed by atoms with Crippen molar-refractivity contribution < 1.29 is 19.0 Å². The average molecular weight is 463 g/mol. The minimum absolute atomic E-state index is 0.0321. The zero-order chi connectivity index (χ0) is 23.8. The van der Waals surface area contributed by atoms with Crippen LogP contribution in [0.25, 0.3) is 11.1 Å². The molecule has 1 aromatic heterocycles. The third-order valence-electron chi connectivity index (χ3n) is 6.96. The maximum absolute atomic E-state index is 12.6. The summed E-state index contributed by atoms with van der Waals surface area (Å²) < 4.78 is 16.1. The molecule has 0 spiro atoms. The van der Waals surface area contributed by atoms with E-state index in [9.17, 15) is 10.1 Å². The van der Waals surface area contributed by atoms with Gasteiger partial charge in [-0.2, -0.15) is 5.26 Å². The van der Waals surface area contributed by atoms with Gasteiger partial charge in [0.1, 0.15) is 11.9 Å². The summed E-state index contributed by atoms with van der Waals surface area (Å²) in [6.45, 7) is 6.63. The number of hydrogen-bond acceptors (Lipinski definition) is 7. The van der Waals surface area contributed by atoms with Crippen molar-refractivity contribution in [3.8, 4) is 28.7 Å². The third-order valence-corrected chi connectivity index (χ3v) is 6.96. The lowest BCUT2D eigenvalue weighted by molar-refractivity contribution is -0.134. The van der Waals surface area contributed by atoms with E-state index in [1.807, 2.05) is 30.0 Å². The first kappa shape index (κ1) is 22.5. The number of nitrogens with zero attached hydrogens (tertiary/aromatic N) is 4. The highest BCUT2D eigenvalue weighted by atomic mass is 16.7. The number of anilines is 1. The summed E-state index contributed by atoms with van der Waals surface area (Å²) in [5.41, 5.74) is 4.63. The largest absolute Gasteiger partial charge is 0.454 e. The smallest absolute Gasteiger partial charge is 0.231 e. The molecule has 0 unspecified atom stereocenters. The van der Waals surface area contributed by atoms with Crippen molar-refractivity contribution in [2.24, 2.45) is 0 Å². The number of aromatic nitrogens is 1. The molecule has 8 nitrogen and oxygen atoms in total. The van der Waals surface area contributed by atoms with Crippen LogP contribution in [-0.2, 0) is 9.53 Å². The third kappa shape index (κ3) is 4.05. The van der Waals surface area contributed by atoms with E-state index >= 15 is 0 Å². The van der Waals surface area contributed by atoms with Gasteiger partial charge in [-0.15, -0.1) is 0 Å². The fourth-order valence-electron chi connectivity index (χ4n) is 5.00. The van der Waals surface area contributed by atoms with Gasteiger partial charge in [-0.3, -0.25) is 4.79 Å². The molecule has 0 N–H and O–H groups in total. The normalized spacial score (nSPS) is 19.3. The summed E-state index contributed by atoms with van der Waals surface area (Å²) in [4.78, 5) is 21.8. The molecule has 1 saturated carbocycles. The van der Waals surface area contributed by atoms with Crippen molar-refractivity contribution >= 4 is 11.7 Å². The number of carbonyl (C=O) groups is 1. The average Bonchev–Trinajstić information content (AvgIpc) is 3.58. The monoisotopic (exact) mass is 462 g/mol. The number of nitriles is 1. The molecular formula is C26H30N4O4. The molecular weight excluding hydrogens is 432 g/mol. The summed E-state index contributed by atoms with van der Waals surface area (Å²) in [6.07, 6.45) is 2.60. The molecule has 1 atom stereocenters. The van der Waals surface area contributed by atoms with Gasteiger partial charge in [0, 0.05) is 44.3 Å². The molecule has 5 rings (SSSR count). The van der Waals surface area contributed by atoms with Gasteiger partial charge in [0.15, 0.2) is 11.5 Å². The fraction of sp³-hybridized carbons (Fsp3) is 0.500. The summed E-state index contributed by atoms with van der Waals surface area (Å²) in [7, 11) is 1.61. The lowest BCUT2D eigenvalue weighted by Gasteiger charge is -2.41. The minimum Gasteiger partial charge on any atom is -0.454 e. The molecule has 34 heavy (non-hydrogen) atoms. The van der Waals surface area contributed by atoms with E-state index in [1.165, 1.54) is 0 Å². The Labute approximate surface area is 200 Å². The fourth-order valence-corrected chi connectivity index (χ4v) is 5.00. The molecule has 2 aliphatic heterocycles. The Morgan fingerprint density at radius 3 is 2.76 bits per heavy atom. The highest BCUT2D eigenvalue weighted by Crippen LogP contribution is 2.48. The van der Waals surface area contributed by atoms with Gasteiger partial charge in [-0.05, 0) is 49.9 Å². The van der Waals surface area contributed by atoms with Crippen LogP contribution in [0.2, 0.25) is 0 Å². The van der Waals surface area contributed by atoms with E-state index in [0.717, 1.165) is 52.5 Å². The Balaban J connectivity index is 1.49. The van der Waals surface area contributed by atoms with Crippen molar-refractivity contribution in [1.82, 2.24) is 9.88 Å². The van der Waals surface area contributed by atoms with E-state index in [4.69, 9.17) is 19.2 Å². The Hall–Kier alpha value is -3.31.